The van der Waals surface area contributed by atoms with Crippen LogP contribution in [0.2, 0.25) is 0 Å². The molecule has 1 atom stereocenters. The second-order valence-electron chi connectivity index (χ2n) is 3.49. The van der Waals surface area contributed by atoms with Crippen LogP contribution < -0.4 is 5.73 Å². The van der Waals surface area contributed by atoms with Crippen LogP contribution in [0.1, 0.15) is 11.1 Å². The smallest absolute Gasteiger partial charge is 0.332 e. The average molecular weight is 209 g/mol. The summed E-state index contributed by atoms with van der Waals surface area (Å²) in [7, 11) is 1.25. The van der Waals surface area contributed by atoms with Crippen molar-refractivity contribution in [2.45, 2.75) is 12.5 Å². The number of rotatable bonds is 3. The largest absolute Gasteiger partial charge is 0.467 e. The summed E-state index contributed by atoms with van der Waals surface area (Å²) in [5, 5.41) is 9.21. The van der Waals surface area contributed by atoms with E-state index in [-0.39, 0.29) is 0 Å². The lowest BCUT2D eigenvalue weighted by molar-refractivity contribution is -0.149. The van der Waals surface area contributed by atoms with E-state index >= 15 is 0 Å². The first-order valence-electron chi connectivity index (χ1n) is 4.60. The van der Waals surface area contributed by atoms with E-state index in [2.05, 4.69) is 4.74 Å². The summed E-state index contributed by atoms with van der Waals surface area (Å²) in [6, 6.07) is 7.12. The number of nitrogens with two attached hydrogens (primary N) is 1. The lowest BCUT2D eigenvalue weighted by Crippen LogP contribution is -2.49. The zero-order chi connectivity index (χ0) is 11.5. The van der Waals surface area contributed by atoms with Crippen molar-refractivity contribution < 1.29 is 14.6 Å². The topological polar surface area (TPSA) is 72.5 Å². The molecule has 1 aromatic carbocycles. The molecule has 1 unspecified atom stereocenters. The van der Waals surface area contributed by atoms with Gasteiger partial charge in [-0.25, -0.2) is 4.79 Å². The van der Waals surface area contributed by atoms with Crippen molar-refractivity contribution in [3.8, 4) is 0 Å². The minimum Gasteiger partial charge on any atom is -0.467 e. The maximum atomic E-state index is 11.5. The second-order valence-corrected chi connectivity index (χ2v) is 3.49. The molecule has 82 valence electrons. The van der Waals surface area contributed by atoms with Crippen LogP contribution in [0.4, 0.5) is 0 Å². The van der Waals surface area contributed by atoms with Gasteiger partial charge in [0.25, 0.3) is 0 Å². The van der Waals surface area contributed by atoms with E-state index in [1.54, 1.807) is 18.2 Å². The number of esters is 1. The quantitative estimate of drug-likeness (QED) is 0.703. The summed E-state index contributed by atoms with van der Waals surface area (Å²) in [6.45, 7) is 1.40. The fourth-order valence-corrected chi connectivity index (χ4v) is 1.38. The predicted molar refractivity (Wildman–Crippen MR) is 56.1 cm³/mol. The molecule has 1 rings (SSSR count). The first-order chi connectivity index (χ1) is 7.04. The van der Waals surface area contributed by atoms with Crippen molar-refractivity contribution in [1.82, 2.24) is 0 Å². The van der Waals surface area contributed by atoms with Crippen molar-refractivity contribution in [3.05, 3.63) is 35.4 Å². The molecule has 0 radical (unpaired) electrons. The number of carbonyl (C=O) groups is 1. The standard InChI is InChI=1S/C11H15NO3/c1-8-4-3-5-9(6-8)11(12,7-13)10(14)15-2/h3-6,13H,7,12H2,1-2H3. The molecule has 0 aliphatic rings. The summed E-state index contributed by atoms with van der Waals surface area (Å²) in [4.78, 5) is 11.5. The van der Waals surface area contributed by atoms with Crippen LogP contribution in [0, 0.1) is 6.92 Å². The summed E-state index contributed by atoms with van der Waals surface area (Å²) in [5.74, 6) is -0.643. The Morgan fingerprint density at radius 1 is 1.60 bits per heavy atom. The molecule has 4 heteroatoms. The number of aliphatic hydroxyl groups is 1. The molecular weight excluding hydrogens is 194 g/mol. The molecule has 0 aliphatic heterocycles. The van der Waals surface area contributed by atoms with Crippen LogP contribution in [-0.2, 0) is 15.1 Å². The van der Waals surface area contributed by atoms with Gasteiger partial charge in [0.05, 0.1) is 13.7 Å². The molecular formula is C11H15NO3. The molecule has 3 N–H and O–H groups in total. The molecule has 0 fully saturated rings. The Labute approximate surface area is 88.7 Å². The third-order valence-corrected chi connectivity index (χ3v) is 2.33. The van der Waals surface area contributed by atoms with Crippen LogP contribution in [0.15, 0.2) is 24.3 Å². The third kappa shape index (κ3) is 2.16. The van der Waals surface area contributed by atoms with E-state index < -0.39 is 18.1 Å². The predicted octanol–water partition coefficient (Wildman–Crippen LogP) is 0.314. The highest BCUT2D eigenvalue weighted by molar-refractivity contribution is 5.82. The van der Waals surface area contributed by atoms with Gasteiger partial charge in [0, 0.05) is 0 Å². The normalized spacial score (nSPS) is 14.4. The van der Waals surface area contributed by atoms with Gasteiger partial charge in [0.2, 0.25) is 0 Å². The van der Waals surface area contributed by atoms with Crippen LogP contribution >= 0.6 is 0 Å². The minimum absolute atomic E-state index is 0.483. The molecule has 0 spiro atoms. The Kier molecular flexibility index (Phi) is 3.44. The highest BCUT2D eigenvalue weighted by Gasteiger charge is 2.36. The van der Waals surface area contributed by atoms with Crippen LogP contribution in [-0.4, -0.2) is 24.8 Å². The lowest BCUT2D eigenvalue weighted by Gasteiger charge is -2.24. The summed E-state index contributed by atoms with van der Waals surface area (Å²) < 4.78 is 4.58. The first-order valence-corrected chi connectivity index (χ1v) is 4.60. The Morgan fingerprint density at radius 2 is 2.27 bits per heavy atom. The van der Waals surface area contributed by atoms with Crippen LogP contribution in [0.5, 0.6) is 0 Å². The zero-order valence-electron chi connectivity index (χ0n) is 8.86. The molecule has 0 amide bonds. The Balaban J connectivity index is 3.16. The molecule has 0 saturated heterocycles. The van der Waals surface area contributed by atoms with Gasteiger partial charge < -0.3 is 15.6 Å². The van der Waals surface area contributed by atoms with E-state index in [1.807, 2.05) is 13.0 Å². The SMILES string of the molecule is COC(=O)C(N)(CO)c1cccc(C)c1. The Morgan fingerprint density at radius 3 is 2.73 bits per heavy atom. The summed E-state index contributed by atoms with van der Waals surface area (Å²) in [6.07, 6.45) is 0. The second kappa shape index (κ2) is 4.42. The molecule has 0 bridgehead atoms. The van der Waals surface area contributed by atoms with Crippen molar-refractivity contribution in [1.29, 1.82) is 0 Å². The van der Waals surface area contributed by atoms with Crippen LogP contribution in [0.3, 0.4) is 0 Å². The molecule has 4 nitrogen and oxygen atoms in total. The Hall–Kier alpha value is -1.39. The summed E-state index contributed by atoms with van der Waals surface area (Å²) in [5.41, 5.74) is 5.87. The fraction of sp³-hybridized carbons (Fsp3) is 0.364. The maximum absolute atomic E-state index is 11.5. The number of carbonyl (C=O) groups excluding carboxylic acids is 1. The van der Waals surface area contributed by atoms with Crippen molar-refractivity contribution in [3.63, 3.8) is 0 Å². The van der Waals surface area contributed by atoms with Gasteiger partial charge in [0.15, 0.2) is 5.54 Å². The number of methoxy groups -OCH3 is 1. The van der Waals surface area contributed by atoms with Gasteiger partial charge in [0.1, 0.15) is 0 Å². The highest BCUT2D eigenvalue weighted by atomic mass is 16.5. The van der Waals surface area contributed by atoms with Gasteiger partial charge in [-0.3, -0.25) is 0 Å². The average Bonchev–Trinajstić information content (AvgIpc) is 2.26. The molecule has 1 aromatic rings. The fourth-order valence-electron chi connectivity index (χ4n) is 1.38. The van der Waals surface area contributed by atoms with E-state index in [4.69, 9.17) is 5.73 Å². The number of aliphatic hydroxyl groups excluding tert-OH is 1. The zero-order valence-corrected chi connectivity index (χ0v) is 8.86. The number of hydrogen-bond donors (Lipinski definition) is 2. The van der Waals surface area contributed by atoms with Gasteiger partial charge in [-0.05, 0) is 12.5 Å². The van der Waals surface area contributed by atoms with E-state index in [0.29, 0.717) is 5.56 Å². The van der Waals surface area contributed by atoms with Gasteiger partial charge in [-0.15, -0.1) is 0 Å². The molecule has 0 aromatic heterocycles. The van der Waals surface area contributed by atoms with E-state index in [9.17, 15) is 9.90 Å². The number of hydrogen-bond acceptors (Lipinski definition) is 4. The first kappa shape index (κ1) is 11.7. The molecule has 0 saturated carbocycles. The maximum Gasteiger partial charge on any atom is 0.332 e. The summed E-state index contributed by atoms with van der Waals surface area (Å²) >= 11 is 0. The third-order valence-electron chi connectivity index (χ3n) is 2.33. The van der Waals surface area contributed by atoms with E-state index in [1.165, 1.54) is 7.11 Å². The van der Waals surface area contributed by atoms with Gasteiger partial charge >= 0.3 is 5.97 Å². The van der Waals surface area contributed by atoms with E-state index in [0.717, 1.165) is 5.56 Å². The highest BCUT2D eigenvalue weighted by Crippen LogP contribution is 2.20. The lowest BCUT2D eigenvalue weighted by atomic mass is 9.91. The molecule has 0 heterocycles. The molecule has 15 heavy (non-hydrogen) atoms. The molecule has 0 aliphatic carbocycles. The van der Waals surface area contributed by atoms with Crippen molar-refractivity contribution in [2.75, 3.05) is 13.7 Å². The number of benzene rings is 1. The number of aryl methyl sites for hydroxylation is 1. The van der Waals surface area contributed by atoms with Crippen molar-refractivity contribution in [2.24, 2.45) is 5.73 Å². The van der Waals surface area contributed by atoms with Crippen LogP contribution in [0.25, 0.3) is 0 Å². The van der Waals surface area contributed by atoms with Crippen molar-refractivity contribution >= 4 is 5.97 Å². The Bertz CT molecular complexity index is 365. The van der Waals surface area contributed by atoms with Gasteiger partial charge in [-0.1, -0.05) is 29.8 Å². The monoisotopic (exact) mass is 209 g/mol. The minimum atomic E-state index is -1.47. The van der Waals surface area contributed by atoms with Gasteiger partial charge in [-0.2, -0.15) is 0 Å². The number of ether oxygens (including phenoxy) is 1.